The molecule has 2 aliphatic heterocycles. The maximum atomic E-state index is 13.9. The molecule has 0 radical (unpaired) electrons. The van der Waals surface area contributed by atoms with Gasteiger partial charge in [0.15, 0.2) is 0 Å². The first kappa shape index (κ1) is 32.1. The third kappa shape index (κ3) is 6.65. The van der Waals surface area contributed by atoms with Crippen molar-refractivity contribution in [2.24, 2.45) is 11.3 Å². The molecule has 1 saturated carbocycles. The van der Waals surface area contributed by atoms with Crippen LogP contribution in [0.25, 0.3) is 10.9 Å². The lowest BCUT2D eigenvalue weighted by Crippen LogP contribution is -2.57. The molecule has 0 bridgehead atoms. The largest absolute Gasteiger partial charge is 0.395 e. The third-order valence-electron chi connectivity index (χ3n) is 11.2. The van der Waals surface area contributed by atoms with E-state index < -0.39 is 11.8 Å². The van der Waals surface area contributed by atoms with Crippen molar-refractivity contribution in [2.45, 2.75) is 75.9 Å². The Morgan fingerprint density at radius 1 is 1.06 bits per heavy atom. The number of aliphatic hydroxyl groups is 1. The number of aliphatic hydroxyl groups excluding tert-OH is 1. The minimum atomic E-state index is -2.29. The van der Waals surface area contributed by atoms with Crippen molar-refractivity contribution in [3.8, 4) is 0 Å². The maximum Gasteiger partial charge on any atom is 0.251 e. The summed E-state index contributed by atoms with van der Waals surface area (Å²) in [6.07, 6.45) is 3.58. The van der Waals surface area contributed by atoms with Gasteiger partial charge in [-0.15, -0.1) is 0 Å². The van der Waals surface area contributed by atoms with Crippen LogP contribution >= 0.6 is 0 Å². The number of likely N-dealkylation sites (tertiary alicyclic amines) is 2. The topological polar surface area (TPSA) is 97.8 Å². The van der Waals surface area contributed by atoms with Gasteiger partial charge in [-0.1, -0.05) is 12.1 Å². The second-order valence-electron chi connectivity index (χ2n) is 14.3. The first-order chi connectivity index (χ1) is 22.7. The average Bonchev–Trinajstić information content (AvgIpc) is 3.76. The lowest BCUT2D eigenvalue weighted by molar-refractivity contribution is 0.0200. The van der Waals surface area contributed by atoms with E-state index in [1.165, 1.54) is 0 Å². The predicted molar refractivity (Wildman–Crippen MR) is 177 cm³/mol. The summed E-state index contributed by atoms with van der Waals surface area (Å²) in [6.45, 7) is 3.38. The van der Waals surface area contributed by atoms with E-state index in [1.807, 2.05) is 43.4 Å². The van der Waals surface area contributed by atoms with Crippen molar-refractivity contribution in [3.63, 3.8) is 0 Å². The molecular weight excluding hydrogens is 600 g/mol. The Morgan fingerprint density at radius 3 is 2.62 bits per heavy atom. The molecule has 3 N–H and O–H groups in total. The highest BCUT2D eigenvalue weighted by atomic mass is 19.3. The van der Waals surface area contributed by atoms with E-state index in [0.29, 0.717) is 49.8 Å². The summed E-state index contributed by atoms with van der Waals surface area (Å²) in [5.41, 5.74) is 3.88. The van der Waals surface area contributed by atoms with Gasteiger partial charge in [-0.2, -0.15) is 0 Å². The summed E-state index contributed by atoms with van der Waals surface area (Å²) in [4.78, 5) is 36.2. The molecule has 1 unspecified atom stereocenters. The first-order valence-electron chi connectivity index (χ1n) is 17.2. The molecule has 7 rings (SSSR count). The number of hydrogen-bond acceptors (Lipinski definition) is 6. The maximum absolute atomic E-state index is 13.9. The van der Waals surface area contributed by atoms with Crippen LogP contribution < -0.4 is 10.6 Å². The summed E-state index contributed by atoms with van der Waals surface area (Å²) in [6, 6.07) is 14.9. The summed E-state index contributed by atoms with van der Waals surface area (Å²) in [5, 5.41) is 17.0. The Morgan fingerprint density at radius 2 is 1.87 bits per heavy atom. The molecule has 250 valence electrons. The lowest BCUT2D eigenvalue weighted by atomic mass is 9.76. The third-order valence-corrected chi connectivity index (χ3v) is 11.2. The van der Waals surface area contributed by atoms with E-state index >= 15 is 0 Å². The Bertz CT molecular complexity index is 1640. The molecule has 4 aliphatic rings. The number of hydrogen-bond donors (Lipinski definition) is 3. The molecule has 2 aromatic carbocycles. The van der Waals surface area contributed by atoms with Gasteiger partial charge in [-0.05, 0) is 118 Å². The first-order valence-corrected chi connectivity index (χ1v) is 17.2. The zero-order valence-electron chi connectivity index (χ0n) is 27.1. The second kappa shape index (κ2) is 13.2. The SMILES string of the molecule is CN1CC(NC(=O)c2cccc([C@@H](CCN3CCC[C@H]3CO)NC(=O)c3ccc4nc5c(cc4c3)CC(C3(C(F)F)CC3)CC5)c2)C1. The molecule has 3 atom stereocenters. The minimum Gasteiger partial charge on any atom is -0.395 e. The number of aromatic nitrogens is 1. The number of fused-ring (bicyclic) bond motifs is 2. The van der Waals surface area contributed by atoms with Crippen LogP contribution in [-0.2, 0) is 12.8 Å². The number of nitrogens with zero attached hydrogens (tertiary/aromatic N) is 3. The highest BCUT2D eigenvalue weighted by molar-refractivity contribution is 5.98. The van der Waals surface area contributed by atoms with Crippen LogP contribution in [0.5, 0.6) is 0 Å². The van der Waals surface area contributed by atoms with Gasteiger partial charge in [0.25, 0.3) is 11.8 Å². The Balaban J connectivity index is 1.10. The number of halogens is 2. The van der Waals surface area contributed by atoms with Gasteiger partial charge < -0.3 is 20.6 Å². The van der Waals surface area contributed by atoms with Crippen LogP contribution in [-0.4, -0.2) is 90.0 Å². The summed E-state index contributed by atoms with van der Waals surface area (Å²) >= 11 is 0. The molecule has 10 heteroatoms. The summed E-state index contributed by atoms with van der Waals surface area (Å²) in [5.74, 6) is -0.381. The number of aryl methyl sites for hydroxylation is 1. The molecule has 8 nitrogen and oxygen atoms in total. The Hall–Kier alpha value is -3.47. The van der Waals surface area contributed by atoms with E-state index in [2.05, 4.69) is 20.4 Å². The highest BCUT2D eigenvalue weighted by Gasteiger charge is 2.56. The van der Waals surface area contributed by atoms with E-state index in [4.69, 9.17) is 4.98 Å². The second-order valence-corrected chi connectivity index (χ2v) is 14.3. The van der Waals surface area contributed by atoms with Crippen molar-refractivity contribution in [1.29, 1.82) is 0 Å². The number of benzene rings is 2. The van der Waals surface area contributed by atoms with Crippen LogP contribution in [0.2, 0.25) is 0 Å². The number of amides is 2. The van der Waals surface area contributed by atoms with Gasteiger partial charge in [-0.25, -0.2) is 8.78 Å². The molecule has 2 aliphatic carbocycles. The molecule has 2 saturated heterocycles. The number of carbonyl (C=O) groups excluding carboxylic acids is 2. The van der Waals surface area contributed by atoms with Crippen molar-refractivity contribution in [2.75, 3.05) is 39.8 Å². The highest BCUT2D eigenvalue weighted by Crippen LogP contribution is 2.59. The number of likely N-dealkylation sites (N-methyl/N-ethyl adjacent to an activating group) is 1. The number of alkyl halides is 2. The van der Waals surface area contributed by atoms with Gasteiger partial charge in [0.05, 0.1) is 24.2 Å². The van der Waals surface area contributed by atoms with Gasteiger partial charge in [0.1, 0.15) is 0 Å². The van der Waals surface area contributed by atoms with Crippen LogP contribution in [0.3, 0.4) is 0 Å². The fraction of sp³-hybridized carbons (Fsp3) is 0.541. The van der Waals surface area contributed by atoms with Crippen LogP contribution in [0, 0.1) is 11.3 Å². The predicted octanol–water partition coefficient (Wildman–Crippen LogP) is 4.75. The van der Waals surface area contributed by atoms with Crippen molar-refractivity contribution in [1.82, 2.24) is 25.4 Å². The van der Waals surface area contributed by atoms with E-state index in [1.54, 1.807) is 12.1 Å². The van der Waals surface area contributed by atoms with Gasteiger partial charge in [-0.3, -0.25) is 19.5 Å². The van der Waals surface area contributed by atoms with Crippen molar-refractivity contribution >= 4 is 22.7 Å². The molecule has 47 heavy (non-hydrogen) atoms. The van der Waals surface area contributed by atoms with E-state index in [-0.39, 0.29) is 42.5 Å². The number of rotatable bonds is 11. The van der Waals surface area contributed by atoms with E-state index in [9.17, 15) is 23.5 Å². The van der Waals surface area contributed by atoms with Crippen molar-refractivity contribution < 1.29 is 23.5 Å². The molecule has 3 fully saturated rings. The molecule has 3 heterocycles. The molecule has 0 spiro atoms. The quantitative estimate of drug-likeness (QED) is 0.279. The zero-order chi connectivity index (χ0) is 32.7. The van der Waals surface area contributed by atoms with Crippen LogP contribution in [0.4, 0.5) is 8.78 Å². The Kier molecular flexibility index (Phi) is 9.02. The fourth-order valence-electron chi connectivity index (χ4n) is 8.12. The normalized spacial score (nSPS) is 23.3. The molecule has 2 amide bonds. The zero-order valence-corrected chi connectivity index (χ0v) is 27.1. The van der Waals surface area contributed by atoms with Gasteiger partial charge in [0.2, 0.25) is 6.43 Å². The van der Waals surface area contributed by atoms with E-state index in [0.717, 1.165) is 66.6 Å². The Labute approximate surface area is 274 Å². The number of carbonyl (C=O) groups is 2. The minimum absolute atomic E-state index is 0.0320. The number of nitrogens with one attached hydrogen (secondary N) is 2. The lowest BCUT2D eigenvalue weighted by Gasteiger charge is -2.36. The van der Waals surface area contributed by atoms with Crippen LogP contribution in [0.1, 0.15) is 82.1 Å². The molecule has 3 aromatic rings. The van der Waals surface area contributed by atoms with Gasteiger partial charge in [0, 0.05) is 53.3 Å². The standard InChI is InChI=1S/C37H45F2N5O3/c1-43-20-29(21-43)40-34(46)24-5-2-4-23(16-24)33(11-15-44-14-3-6-30(44)22-45)42-35(47)25-7-9-31-26(17-25)18-27-19-28(8-10-32(27)41-31)37(12-13-37)36(38)39/h2,4-5,7,9,16-18,28-30,33,36,45H,3,6,8,10-15,19-22H2,1H3,(H,40,46)(H,42,47)/t28?,30-,33+/m0/s1. The average molecular weight is 646 g/mol. The van der Waals surface area contributed by atoms with Crippen LogP contribution in [0.15, 0.2) is 48.5 Å². The fourth-order valence-corrected chi connectivity index (χ4v) is 8.12. The monoisotopic (exact) mass is 645 g/mol. The molecule has 1 aromatic heterocycles. The smallest absolute Gasteiger partial charge is 0.251 e. The summed E-state index contributed by atoms with van der Waals surface area (Å²) in [7, 11) is 2.02. The summed E-state index contributed by atoms with van der Waals surface area (Å²) < 4.78 is 27.8. The van der Waals surface area contributed by atoms with Gasteiger partial charge >= 0.3 is 0 Å². The number of pyridine rings is 1. The van der Waals surface area contributed by atoms with Crippen molar-refractivity contribution in [3.05, 3.63) is 76.5 Å². The molecular formula is C37H45F2N5O3.